The molecule has 0 fully saturated rings. The van der Waals surface area contributed by atoms with E-state index in [9.17, 15) is 0 Å². The second-order valence-corrected chi connectivity index (χ2v) is 48.0. The molecule has 4 atom stereocenters. The normalized spacial score (nSPS) is 17.8. The summed E-state index contributed by atoms with van der Waals surface area (Å²) < 4.78 is 21.4. The van der Waals surface area contributed by atoms with Crippen molar-refractivity contribution in [3.63, 3.8) is 0 Å². The molecule has 0 bridgehead atoms. The van der Waals surface area contributed by atoms with Crippen LogP contribution in [0.25, 0.3) is 52.0 Å². The molecule has 0 amide bonds. The topological polar surface area (TPSA) is 51.6 Å². The first-order chi connectivity index (χ1) is 38.9. The fraction of sp³-hybridized carbons (Fsp3) is 0.588. The van der Waals surface area contributed by atoms with Crippen molar-refractivity contribution in [3.05, 3.63) is 95.0 Å². The molecule has 2 aliphatic rings. The second-order valence-electron chi connectivity index (χ2n) is 25.2. The van der Waals surface area contributed by atoms with Gasteiger partial charge < -0.3 is 0 Å². The second kappa shape index (κ2) is 29.6. The van der Waals surface area contributed by atoms with E-state index in [0.29, 0.717) is 0 Å². The Morgan fingerprint density at radius 2 is 0.815 bits per heavy atom. The van der Waals surface area contributed by atoms with Crippen molar-refractivity contribution < 1.29 is 0 Å². The fourth-order valence-electron chi connectivity index (χ4n) is 13.5. The number of rotatable bonds is 26. The maximum Gasteiger partial charge on any atom is 0.113 e. The molecule has 8 aromatic rings. The molecule has 81 heavy (non-hydrogen) atoms. The Hall–Kier alpha value is -1.36. The Balaban J connectivity index is 0.000000180. The number of hydrogen-bond acceptors (Lipinski definition) is 10. The summed E-state index contributed by atoms with van der Waals surface area (Å²) in [5.74, 6) is 3.24. The summed E-state index contributed by atoms with van der Waals surface area (Å²) in [5.41, 5.74) is 13.6. The molecule has 0 saturated heterocycles. The molecule has 6 aromatic heterocycles. The zero-order valence-corrected chi connectivity index (χ0v) is 62.5. The number of thiophene rings is 4. The summed E-state index contributed by atoms with van der Waals surface area (Å²) in [7, 11) is 0. The van der Waals surface area contributed by atoms with E-state index >= 15 is 0 Å². The summed E-state index contributed by atoms with van der Waals surface area (Å²) in [6.07, 6.45) is 26.8. The van der Waals surface area contributed by atoms with Crippen LogP contribution < -0.4 is 2.89 Å². The van der Waals surface area contributed by atoms with Gasteiger partial charge in [-0.05, 0) is 111 Å². The van der Waals surface area contributed by atoms with Gasteiger partial charge in [0.2, 0.25) is 0 Å². The van der Waals surface area contributed by atoms with E-state index in [4.69, 9.17) is 4.37 Å². The van der Waals surface area contributed by atoms with Gasteiger partial charge in [-0.1, -0.05) is 91.2 Å². The smallest absolute Gasteiger partial charge is 0.113 e. The first kappa shape index (κ1) is 65.6. The van der Waals surface area contributed by atoms with E-state index in [2.05, 4.69) is 195 Å². The monoisotopic (exact) mass is 1440 g/mol. The Morgan fingerprint density at radius 3 is 1.22 bits per heavy atom. The van der Waals surface area contributed by atoms with Crippen molar-refractivity contribution in [1.82, 2.24) is 17.5 Å². The Kier molecular flexibility index (Phi) is 23.9. The van der Waals surface area contributed by atoms with Crippen LogP contribution in [0, 0.1) is 44.4 Å². The maximum atomic E-state index is 4.75. The average Bonchev–Trinajstić information content (AvgIpc) is 4.12. The Morgan fingerprint density at radius 1 is 0.444 bits per heavy atom. The summed E-state index contributed by atoms with van der Waals surface area (Å²) in [5, 5.41) is 0. The predicted octanol–water partition coefficient (Wildman–Crippen LogP) is 24.9. The van der Waals surface area contributed by atoms with E-state index in [1.165, 1.54) is 178 Å². The molecule has 10 rings (SSSR count). The van der Waals surface area contributed by atoms with Crippen LogP contribution >= 0.6 is 101 Å². The standard InChI is InChI=1S/C33H44N2S3.C26H39S2.C6H2Br2N2S.3CH3.Sn/c1-7-11-13-23(9-3)19-33(20-24(10-4)14-12-8-2)26-17-22(6)36-31(26)32-27(33)18-28(37-32)25-16-15-21(5)29-30(25)35-38-34-29;1-6-10-12-20(8-3)17-26(18-21(9-4)13-11-7-2)22-14-15-27-24(22)25-23(26)16-19(5)28-25;7-3-1-2-4(8)6-5(3)9-11-10-6;;;;/h15-18,23-24H,7-14,19-20H2,1-6H3;14,16,20-21H,6-13,17-18H2,1-5H3;1-2H;3*1H3;. The van der Waals surface area contributed by atoms with E-state index in [1.54, 1.807) is 44.7 Å². The maximum absolute atomic E-state index is 4.75. The fourth-order valence-corrected chi connectivity index (χ4v) is 26.0. The van der Waals surface area contributed by atoms with Crippen LogP contribution in [-0.4, -0.2) is 35.9 Å². The Bertz CT molecular complexity index is 3220. The van der Waals surface area contributed by atoms with Crippen LogP contribution in [0.1, 0.15) is 221 Å². The molecular formula is C68H94Br2N4S6Sn. The summed E-state index contributed by atoms with van der Waals surface area (Å²) in [6, 6.07) is 18.9. The van der Waals surface area contributed by atoms with Crippen LogP contribution in [0.2, 0.25) is 14.8 Å². The van der Waals surface area contributed by atoms with E-state index in [1.807, 2.05) is 34.8 Å². The van der Waals surface area contributed by atoms with Crippen molar-refractivity contribution in [1.29, 1.82) is 0 Å². The van der Waals surface area contributed by atoms with Crippen molar-refractivity contribution in [2.75, 3.05) is 0 Å². The Labute approximate surface area is 534 Å². The quantitative estimate of drug-likeness (QED) is 0.0507. The van der Waals surface area contributed by atoms with Gasteiger partial charge in [-0.15, -0.1) is 22.7 Å². The van der Waals surface area contributed by atoms with Crippen LogP contribution in [0.3, 0.4) is 0 Å². The molecule has 0 radical (unpaired) electrons. The molecule has 0 spiro atoms. The van der Waals surface area contributed by atoms with E-state index < -0.39 is 18.4 Å². The van der Waals surface area contributed by atoms with Crippen molar-refractivity contribution in [2.45, 2.75) is 230 Å². The van der Waals surface area contributed by atoms with Gasteiger partial charge in [0.05, 0.1) is 23.5 Å². The number of halogens is 2. The van der Waals surface area contributed by atoms with Crippen molar-refractivity contribution >= 4 is 144 Å². The van der Waals surface area contributed by atoms with Crippen LogP contribution in [-0.2, 0) is 10.8 Å². The molecule has 0 saturated carbocycles. The summed E-state index contributed by atoms with van der Waals surface area (Å²) >= 11 is 15.6. The largest absolute Gasteiger partial charge is 0.173 e. The minimum atomic E-state index is -2.11. The third-order valence-electron chi connectivity index (χ3n) is 18.3. The van der Waals surface area contributed by atoms with Gasteiger partial charge in [-0.25, -0.2) is 0 Å². The number of aryl methyl sites for hydroxylation is 3. The van der Waals surface area contributed by atoms with Crippen LogP contribution in [0.5, 0.6) is 0 Å². The van der Waals surface area contributed by atoms with E-state index in [0.717, 1.165) is 54.7 Å². The molecule has 2 aliphatic carbocycles. The molecule has 2 aromatic carbocycles. The third-order valence-corrected chi connectivity index (χ3v) is 34.8. The van der Waals surface area contributed by atoms with Crippen LogP contribution in [0.4, 0.5) is 0 Å². The van der Waals surface area contributed by atoms with E-state index in [-0.39, 0.29) is 10.8 Å². The summed E-state index contributed by atoms with van der Waals surface area (Å²) in [6.45, 7) is 25.9. The van der Waals surface area contributed by atoms with Crippen molar-refractivity contribution in [2.24, 2.45) is 23.7 Å². The van der Waals surface area contributed by atoms with Gasteiger partial charge in [0.1, 0.15) is 22.1 Å². The van der Waals surface area contributed by atoms with Crippen LogP contribution in [0.15, 0.2) is 57.5 Å². The van der Waals surface area contributed by atoms with Gasteiger partial charge in [0.25, 0.3) is 0 Å². The number of nitrogens with zero attached hydrogens (tertiary/aromatic N) is 4. The minimum absolute atomic E-state index is 0.136. The van der Waals surface area contributed by atoms with Gasteiger partial charge in [0.15, 0.2) is 0 Å². The molecule has 440 valence electrons. The first-order valence-electron chi connectivity index (χ1n) is 31.2. The molecule has 13 heteroatoms. The van der Waals surface area contributed by atoms with Gasteiger partial charge in [-0.3, -0.25) is 0 Å². The first-order valence-corrected chi connectivity index (χ1v) is 47.5. The average molecular weight is 1440 g/mol. The summed E-state index contributed by atoms with van der Waals surface area (Å²) in [4.78, 5) is 18.6. The third kappa shape index (κ3) is 14.5. The molecule has 4 unspecified atom stereocenters. The molecule has 0 aliphatic heterocycles. The number of fused-ring (bicyclic) bond motifs is 8. The molecule has 6 heterocycles. The zero-order chi connectivity index (χ0) is 58.2. The number of benzene rings is 2. The molecular weight excluding hydrogens is 1340 g/mol. The molecule has 0 N–H and O–H groups in total. The molecule has 4 nitrogen and oxygen atoms in total. The SMILES string of the molecule is Brc1ccc(Br)c2nsnc12.CCCCC(CC)CC1(CC(CC)CCCC)c2cc(C)sc2-c2s[c]([Sn]([CH3])([CH3])[CH3])cc21.CCCCC(CC)CC1(CC(CC)CCCC)c2cc(C)sc2-c2sc(-c3ccc(C)c4nsnc34)cc21. The number of unbranched alkanes of at least 4 members (excludes halogenated alkanes) is 4. The van der Waals surface area contributed by atoms with Gasteiger partial charge >= 0.3 is 213 Å². The minimum Gasteiger partial charge on any atom is -0.173 e. The van der Waals surface area contributed by atoms with Gasteiger partial charge in [-0.2, -0.15) is 17.5 Å². The number of aromatic nitrogens is 4. The zero-order valence-electron chi connectivity index (χ0n) is 51.6. The number of hydrogen-bond donors (Lipinski definition) is 0. The van der Waals surface area contributed by atoms with Crippen molar-refractivity contribution in [3.8, 4) is 29.9 Å². The van der Waals surface area contributed by atoms with Gasteiger partial charge in [0, 0.05) is 39.4 Å². The predicted molar refractivity (Wildman–Crippen MR) is 375 cm³/mol.